The summed E-state index contributed by atoms with van der Waals surface area (Å²) in [5.74, 6) is 0.667. The van der Waals surface area contributed by atoms with Gasteiger partial charge in [0.15, 0.2) is 0 Å². The van der Waals surface area contributed by atoms with Gasteiger partial charge >= 0.3 is 0 Å². The number of halogens is 1. The van der Waals surface area contributed by atoms with Crippen LogP contribution >= 0.6 is 11.6 Å². The Labute approximate surface area is 111 Å². The standard InChI is InChI=1S/C12H15ClN4O/c1-15-7-10-8-17(4-5-18-10)12-11(13)9(6-14)2-3-16-12/h2-3,10,15H,4-5,7-8H2,1H3. The van der Waals surface area contributed by atoms with Crippen molar-refractivity contribution in [3.63, 3.8) is 0 Å². The zero-order valence-corrected chi connectivity index (χ0v) is 10.9. The van der Waals surface area contributed by atoms with Crippen LogP contribution in [0.2, 0.25) is 5.02 Å². The molecule has 0 aromatic carbocycles. The zero-order valence-electron chi connectivity index (χ0n) is 10.2. The summed E-state index contributed by atoms with van der Waals surface area (Å²) in [5.41, 5.74) is 0.457. The molecule has 1 N–H and O–H groups in total. The van der Waals surface area contributed by atoms with Gasteiger partial charge in [-0.2, -0.15) is 5.26 Å². The highest BCUT2D eigenvalue weighted by Gasteiger charge is 2.23. The minimum Gasteiger partial charge on any atom is -0.373 e. The van der Waals surface area contributed by atoms with Crippen LogP contribution in [0, 0.1) is 11.3 Å². The van der Waals surface area contributed by atoms with Crippen LogP contribution in [0.15, 0.2) is 12.3 Å². The Morgan fingerprint density at radius 1 is 1.72 bits per heavy atom. The van der Waals surface area contributed by atoms with Crippen molar-refractivity contribution >= 4 is 17.4 Å². The van der Waals surface area contributed by atoms with Crippen LogP contribution in [0.3, 0.4) is 0 Å². The first-order valence-electron chi connectivity index (χ1n) is 5.82. The van der Waals surface area contributed by atoms with E-state index in [4.69, 9.17) is 21.6 Å². The number of morpholine rings is 1. The monoisotopic (exact) mass is 266 g/mol. The molecule has 6 heteroatoms. The lowest BCUT2D eigenvalue weighted by Gasteiger charge is -2.34. The molecule has 0 radical (unpaired) electrons. The van der Waals surface area contributed by atoms with Crippen LogP contribution in [0.5, 0.6) is 0 Å². The minimum atomic E-state index is 0.118. The number of aromatic nitrogens is 1. The molecule has 1 saturated heterocycles. The molecule has 1 aromatic rings. The second kappa shape index (κ2) is 6.01. The van der Waals surface area contributed by atoms with Crippen LogP contribution in [-0.4, -0.2) is 44.4 Å². The molecule has 0 spiro atoms. The molecule has 0 aliphatic carbocycles. The van der Waals surface area contributed by atoms with Gasteiger partial charge in [0.2, 0.25) is 0 Å². The molecule has 1 aliphatic heterocycles. The summed E-state index contributed by atoms with van der Waals surface area (Å²) in [4.78, 5) is 6.34. The van der Waals surface area contributed by atoms with E-state index in [0.29, 0.717) is 23.0 Å². The van der Waals surface area contributed by atoms with E-state index in [9.17, 15) is 0 Å². The molecule has 1 atom stereocenters. The summed E-state index contributed by atoms with van der Waals surface area (Å²) in [6.07, 6.45) is 1.73. The molecule has 0 amide bonds. The molecule has 1 unspecified atom stereocenters. The fourth-order valence-corrected chi connectivity index (χ4v) is 2.28. The molecule has 18 heavy (non-hydrogen) atoms. The van der Waals surface area contributed by atoms with E-state index in [1.54, 1.807) is 12.3 Å². The van der Waals surface area contributed by atoms with Crippen LogP contribution in [0.1, 0.15) is 5.56 Å². The Morgan fingerprint density at radius 3 is 3.28 bits per heavy atom. The summed E-state index contributed by atoms with van der Waals surface area (Å²) in [7, 11) is 1.89. The Kier molecular flexibility index (Phi) is 4.37. The van der Waals surface area contributed by atoms with Crippen LogP contribution in [0.4, 0.5) is 5.82 Å². The van der Waals surface area contributed by atoms with Gasteiger partial charge in [-0.15, -0.1) is 0 Å². The number of anilines is 1. The van der Waals surface area contributed by atoms with Crippen LogP contribution < -0.4 is 10.2 Å². The highest BCUT2D eigenvalue weighted by molar-refractivity contribution is 6.34. The first-order valence-corrected chi connectivity index (χ1v) is 6.19. The number of nitrogens with zero attached hydrogens (tertiary/aromatic N) is 3. The summed E-state index contributed by atoms with van der Waals surface area (Å²) in [5, 5.41) is 12.5. The highest BCUT2D eigenvalue weighted by Crippen LogP contribution is 2.27. The predicted octanol–water partition coefficient (Wildman–Crippen LogP) is 1.03. The average Bonchev–Trinajstić information content (AvgIpc) is 2.40. The zero-order chi connectivity index (χ0) is 13.0. The van der Waals surface area contributed by atoms with E-state index in [-0.39, 0.29) is 6.10 Å². The number of hydrogen-bond donors (Lipinski definition) is 1. The number of nitriles is 1. The first kappa shape index (κ1) is 13.1. The van der Waals surface area contributed by atoms with Gasteiger partial charge in [0.05, 0.1) is 18.3 Å². The minimum absolute atomic E-state index is 0.118. The van der Waals surface area contributed by atoms with Gasteiger partial charge in [0.1, 0.15) is 16.9 Å². The van der Waals surface area contributed by atoms with Crippen molar-refractivity contribution in [1.29, 1.82) is 5.26 Å². The van der Waals surface area contributed by atoms with Gasteiger partial charge in [0.25, 0.3) is 0 Å². The molecular formula is C12H15ClN4O. The van der Waals surface area contributed by atoms with E-state index in [1.165, 1.54) is 0 Å². The fraction of sp³-hybridized carbons (Fsp3) is 0.500. The number of pyridine rings is 1. The lowest BCUT2D eigenvalue weighted by atomic mass is 10.2. The van der Waals surface area contributed by atoms with Crippen LogP contribution in [0.25, 0.3) is 0 Å². The molecule has 2 heterocycles. The van der Waals surface area contributed by atoms with E-state index in [2.05, 4.69) is 21.3 Å². The van der Waals surface area contributed by atoms with E-state index in [1.807, 2.05) is 7.05 Å². The van der Waals surface area contributed by atoms with E-state index < -0.39 is 0 Å². The van der Waals surface area contributed by atoms with Gasteiger partial charge in [-0.05, 0) is 13.1 Å². The Bertz CT molecular complexity index is 458. The van der Waals surface area contributed by atoms with Crippen molar-refractivity contribution in [3.8, 4) is 6.07 Å². The number of rotatable bonds is 3. The Morgan fingerprint density at radius 2 is 2.56 bits per heavy atom. The molecule has 0 saturated carbocycles. The van der Waals surface area contributed by atoms with Gasteiger partial charge in [0, 0.05) is 25.8 Å². The topological polar surface area (TPSA) is 61.2 Å². The number of ether oxygens (including phenoxy) is 1. The smallest absolute Gasteiger partial charge is 0.148 e. The summed E-state index contributed by atoms with van der Waals surface area (Å²) < 4.78 is 5.63. The molecule has 0 bridgehead atoms. The third-order valence-electron chi connectivity index (χ3n) is 2.86. The SMILES string of the molecule is CNCC1CN(c2nccc(C#N)c2Cl)CCO1. The van der Waals surface area contributed by atoms with Crippen molar-refractivity contribution in [2.24, 2.45) is 0 Å². The first-order chi connectivity index (χ1) is 8.76. The normalized spacial score (nSPS) is 19.6. The molecule has 2 rings (SSSR count). The van der Waals surface area contributed by atoms with Crippen molar-refractivity contribution in [3.05, 3.63) is 22.8 Å². The van der Waals surface area contributed by atoms with E-state index in [0.717, 1.165) is 19.6 Å². The summed E-state index contributed by atoms with van der Waals surface area (Å²) in [6.45, 7) is 2.89. The maximum absolute atomic E-state index is 8.96. The van der Waals surface area contributed by atoms with Crippen molar-refractivity contribution < 1.29 is 4.74 Å². The van der Waals surface area contributed by atoms with E-state index >= 15 is 0 Å². The van der Waals surface area contributed by atoms with Gasteiger partial charge < -0.3 is 15.0 Å². The number of nitrogens with one attached hydrogen (secondary N) is 1. The largest absolute Gasteiger partial charge is 0.373 e. The quantitative estimate of drug-likeness (QED) is 0.886. The van der Waals surface area contributed by atoms with Gasteiger partial charge in [-0.1, -0.05) is 11.6 Å². The Balaban J connectivity index is 2.18. The fourth-order valence-electron chi connectivity index (χ4n) is 2.00. The lowest BCUT2D eigenvalue weighted by molar-refractivity contribution is 0.0419. The maximum Gasteiger partial charge on any atom is 0.148 e. The average molecular weight is 267 g/mol. The van der Waals surface area contributed by atoms with Crippen LogP contribution in [-0.2, 0) is 4.74 Å². The van der Waals surface area contributed by atoms with Crippen molar-refractivity contribution in [2.75, 3.05) is 38.2 Å². The highest BCUT2D eigenvalue weighted by atomic mass is 35.5. The molecule has 5 nitrogen and oxygen atoms in total. The lowest BCUT2D eigenvalue weighted by Crippen LogP contribution is -2.46. The second-order valence-corrected chi connectivity index (χ2v) is 4.48. The number of likely N-dealkylation sites (N-methyl/N-ethyl adjacent to an activating group) is 1. The van der Waals surface area contributed by atoms with Crippen molar-refractivity contribution in [1.82, 2.24) is 10.3 Å². The summed E-state index contributed by atoms with van der Waals surface area (Å²) >= 11 is 6.18. The van der Waals surface area contributed by atoms with Gasteiger partial charge in [-0.3, -0.25) is 0 Å². The predicted molar refractivity (Wildman–Crippen MR) is 69.8 cm³/mol. The van der Waals surface area contributed by atoms with Crippen molar-refractivity contribution in [2.45, 2.75) is 6.10 Å². The molecular weight excluding hydrogens is 252 g/mol. The third-order valence-corrected chi connectivity index (χ3v) is 3.23. The molecule has 96 valence electrons. The molecule has 1 fully saturated rings. The number of hydrogen-bond acceptors (Lipinski definition) is 5. The molecule has 1 aliphatic rings. The summed E-state index contributed by atoms with van der Waals surface area (Å²) in [6, 6.07) is 3.69. The third kappa shape index (κ3) is 2.72. The molecule has 1 aromatic heterocycles. The maximum atomic E-state index is 8.96. The van der Waals surface area contributed by atoms with Gasteiger partial charge in [-0.25, -0.2) is 4.98 Å². The second-order valence-electron chi connectivity index (χ2n) is 4.10. The Hall–Kier alpha value is -1.35.